The molecule has 1 rings (SSSR count). The van der Waals surface area contributed by atoms with Crippen molar-refractivity contribution in [3.63, 3.8) is 0 Å². The molecule has 1 heteroatoms. The standard InChI is InChI=1S/C18H36O/c1-4-5-6-7-8-9-10-13-18(19)14-11-12-17(2,3)15-16-18/h19H,4-16H2,1-3H3. The zero-order valence-electron chi connectivity index (χ0n) is 13.6. The van der Waals surface area contributed by atoms with Crippen LogP contribution in [0.2, 0.25) is 0 Å². The highest BCUT2D eigenvalue weighted by atomic mass is 16.3. The molecular formula is C18H36O. The Morgan fingerprint density at radius 2 is 1.42 bits per heavy atom. The van der Waals surface area contributed by atoms with Crippen LogP contribution in [-0.2, 0) is 0 Å². The SMILES string of the molecule is CCCCCCCCCC1(O)CCCC(C)(C)CC1. The summed E-state index contributed by atoms with van der Waals surface area (Å²) in [6.45, 7) is 6.97. The van der Waals surface area contributed by atoms with Crippen LogP contribution in [0.3, 0.4) is 0 Å². The lowest BCUT2D eigenvalue weighted by molar-refractivity contribution is 0.0115. The summed E-state index contributed by atoms with van der Waals surface area (Å²) in [7, 11) is 0. The summed E-state index contributed by atoms with van der Waals surface area (Å²) in [5, 5.41) is 10.7. The largest absolute Gasteiger partial charge is 0.390 e. The first kappa shape index (κ1) is 17.0. The van der Waals surface area contributed by atoms with Crippen molar-refractivity contribution in [1.29, 1.82) is 0 Å². The lowest BCUT2D eigenvalue weighted by Gasteiger charge is -2.28. The predicted molar refractivity (Wildman–Crippen MR) is 84.4 cm³/mol. The lowest BCUT2D eigenvalue weighted by Crippen LogP contribution is -2.28. The second-order valence-corrected chi connectivity index (χ2v) is 7.61. The highest BCUT2D eigenvalue weighted by Gasteiger charge is 2.33. The minimum Gasteiger partial charge on any atom is -0.390 e. The second-order valence-electron chi connectivity index (χ2n) is 7.61. The highest BCUT2D eigenvalue weighted by Crippen LogP contribution is 2.40. The van der Waals surface area contributed by atoms with Crippen LogP contribution in [-0.4, -0.2) is 10.7 Å². The number of hydrogen-bond donors (Lipinski definition) is 1. The Kier molecular flexibility index (Phi) is 7.42. The Morgan fingerprint density at radius 1 is 0.789 bits per heavy atom. The average Bonchev–Trinajstić information content (AvgIpc) is 2.48. The number of aliphatic hydroxyl groups is 1. The van der Waals surface area contributed by atoms with Gasteiger partial charge < -0.3 is 5.11 Å². The van der Waals surface area contributed by atoms with Crippen LogP contribution >= 0.6 is 0 Å². The maximum atomic E-state index is 10.7. The van der Waals surface area contributed by atoms with Crippen molar-refractivity contribution in [1.82, 2.24) is 0 Å². The third-order valence-corrected chi connectivity index (χ3v) is 5.01. The molecule has 114 valence electrons. The van der Waals surface area contributed by atoms with Crippen molar-refractivity contribution in [2.24, 2.45) is 5.41 Å². The Balaban J connectivity index is 2.13. The molecule has 0 aromatic heterocycles. The Bertz CT molecular complexity index is 234. The predicted octanol–water partition coefficient (Wildman–Crippen LogP) is 5.85. The van der Waals surface area contributed by atoms with Gasteiger partial charge in [0.2, 0.25) is 0 Å². The van der Waals surface area contributed by atoms with Crippen molar-refractivity contribution < 1.29 is 5.11 Å². The van der Waals surface area contributed by atoms with Gasteiger partial charge in [0, 0.05) is 0 Å². The Hall–Kier alpha value is -0.0400. The molecule has 19 heavy (non-hydrogen) atoms. The number of hydrogen-bond acceptors (Lipinski definition) is 1. The van der Waals surface area contributed by atoms with Crippen molar-refractivity contribution in [3.05, 3.63) is 0 Å². The first-order valence-corrected chi connectivity index (χ1v) is 8.70. The van der Waals surface area contributed by atoms with Crippen LogP contribution in [0.5, 0.6) is 0 Å². The van der Waals surface area contributed by atoms with Gasteiger partial charge in [0.1, 0.15) is 0 Å². The van der Waals surface area contributed by atoms with Crippen LogP contribution in [0, 0.1) is 5.41 Å². The van der Waals surface area contributed by atoms with Crippen LogP contribution in [0.4, 0.5) is 0 Å². The van der Waals surface area contributed by atoms with E-state index >= 15 is 0 Å². The van der Waals surface area contributed by atoms with E-state index in [4.69, 9.17) is 0 Å². The molecule has 0 bridgehead atoms. The maximum absolute atomic E-state index is 10.7. The van der Waals surface area contributed by atoms with E-state index in [2.05, 4.69) is 20.8 Å². The summed E-state index contributed by atoms with van der Waals surface area (Å²) in [4.78, 5) is 0. The van der Waals surface area contributed by atoms with Gasteiger partial charge in [0.05, 0.1) is 5.60 Å². The summed E-state index contributed by atoms with van der Waals surface area (Å²) in [5.41, 5.74) is 0.113. The summed E-state index contributed by atoms with van der Waals surface area (Å²) in [6.07, 6.45) is 16.2. The van der Waals surface area contributed by atoms with E-state index in [0.29, 0.717) is 5.41 Å². The smallest absolute Gasteiger partial charge is 0.0648 e. The lowest BCUT2D eigenvalue weighted by atomic mass is 9.83. The molecule has 1 fully saturated rings. The van der Waals surface area contributed by atoms with Crippen molar-refractivity contribution in [2.45, 2.75) is 110 Å². The van der Waals surface area contributed by atoms with Gasteiger partial charge in [0.25, 0.3) is 0 Å². The van der Waals surface area contributed by atoms with Gasteiger partial charge in [0.15, 0.2) is 0 Å². The molecule has 0 amide bonds. The molecule has 1 N–H and O–H groups in total. The van der Waals surface area contributed by atoms with Gasteiger partial charge >= 0.3 is 0 Å². The molecule has 1 atom stereocenters. The second kappa shape index (κ2) is 8.29. The summed E-state index contributed by atoms with van der Waals surface area (Å²) in [6, 6.07) is 0. The topological polar surface area (TPSA) is 20.2 Å². The fourth-order valence-electron chi connectivity index (χ4n) is 3.38. The van der Waals surface area contributed by atoms with Gasteiger partial charge in [-0.2, -0.15) is 0 Å². The fraction of sp³-hybridized carbons (Fsp3) is 1.00. The summed E-state index contributed by atoms with van der Waals surface area (Å²) in [5.74, 6) is 0. The maximum Gasteiger partial charge on any atom is 0.0648 e. The van der Waals surface area contributed by atoms with Crippen molar-refractivity contribution in [3.8, 4) is 0 Å². The molecule has 1 aliphatic carbocycles. The molecule has 0 heterocycles. The minimum atomic E-state index is -0.336. The van der Waals surface area contributed by atoms with Crippen molar-refractivity contribution >= 4 is 0 Å². The minimum absolute atomic E-state index is 0.336. The molecule has 1 aliphatic rings. The van der Waals surface area contributed by atoms with Gasteiger partial charge in [-0.25, -0.2) is 0 Å². The van der Waals surface area contributed by atoms with Crippen LogP contribution in [0.25, 0.3) is 0 Å². The molecule has 0 aromatic rings. The molecule has 0 radical (unpaired) electrons. The van der Waals surface area contributed by atoms with Gasteiger partial charge in [-0.1, -0.05) is 72.1 Å². The van der Waals surface area contributed by atoms with Crippen LogP contribution in [0.1, 0.15) is 104 Å². The molecule has 0 spiro atoms. The van der Waals surface area contributed by atoms with Gasteiger partial charge in [-0.05, 0) is 37.5 Å². The monoisotopic (exact) mass is 268 g/mol. The quantitative estimate of drug-likeness (QED) is 0.432. The zero-order valence-corrected chi connectivity index (χ0v) is 13.6. The van der Waals surface area contributed by atoms with E-state index in [0.717, 1.165) is 19.3 Å². The average molecular weight is 268 g/mol. The highest BCUT2D eigenvalue weighted by molar-refractivity contribution is 4.86. The van der Waals surface area contributed by atoms with Crippen molar-refractivity contribution in [2.75, 3.05) is 0 Å². The normalized spacial score (nSPS) is 27.2. The van der Waals surface area contributed by atoms with E-state index < -0.39 is 0 Å². The number of unbranched alkanes of at least 4 members (excludes halogenated alkanes) is 6. The van der Waals surface area contributed by atoms with Crippen LogP contribution < -0.4 is 0 Å². The molecule has 0 aliphatic heterocycles. The first-order valence-electron chi connectivity index (χ1n) is 8.70. The van der Waals surface area contributed by atoms with E-state index in [1.807, 2.05) is 0 Å². The zero-order chi connectivity index (χ0) is 14.2. The third-order valence-electron chi connectivity index (χ3n) is 5.01. The molecule has 0 aromatic carbocycles. The molecule has 1 nitrogen and oxygen atoms in total. The summed E-state index contributed by atoms with van der Waals surface area (Å²) >= 11 is 0. The Morgan fingerprint density at radius 3 is 2.11 bits per heavy atom. The Labute approximate surface area is 121 Å². The van der Waals surface area contributed by atoms with E-state index in [1.54, 1.807) is 0 Å². The molecule has 1 saturated carbocycles. The van der Waals surface area contributed by atoms with E-state index in [-0.39, 0.29) is 5.60 Å². The van der Waals surface area contributed by atoms with E-state index in [1.165, 1.54) is 64.2 Å². The first-order chi connectivity index (χ1) is 8.97. The third kappa shape index (κ3) is 7.34. The van der Waals surface area contributed by atoms with Gasteiger partial charge in [-0.15, -0.1) is 0 Å². The summed E-state index contributed by atoms with van der Waals surface area (Å²) < 4.78 is 0. The van der Waals surface area contributed by atoms with Crippen LogP contribution in [0.15, 0.2) is 0 Å². The number of rotatable bonds is 8. The molecule has 1 unspecified atom stereocenters. The molecule has 0 saturated heterocycles. The van der Waals surface area contributed by atoms with Gasteiger partial charge in [-0.3, -0.25) is 0 Å². The van der Waals surface area contributed by atoms with E-state index in [9.17, 15) is 5.11 Å². The molecular weight excluding hydrogens is 232 g/mol. The fourth-order valence-corrected chi connectivity index (χ4v) is 3.38.